The molecule has 0 aliphatic carbocycles. The summed E-state index contributed by atoms with van der Waals surface area (Å²) < 4.78 is 13.1. The molecule has 1 heterocycles. The smallest absolute Gasteiger partial charge is 0.258 e. The molecule has 9 heteroatoms. The summed E-state index contributed by atoms with van der Waals surface area (Å²) in [7, 11) is 0. The van der Waals surface area contributed by atoms with Crippen LogP contribution in [0.4, 0.5) is 5.95 Å². The summed E-state index contributed by atoms with van der Waals surface area (Å²) in [6.07, 6.45) is 2.09. The standard InChI is InChI=1S/C20H32N6O3/c1-6-8-11-26-19(23-24-25-26)21-13-15-9-10-16(17(12-15)28-7-2)29-14-18(27)22-20(3,4)5/h9-10,12H,6-8,11,13-14H2,1-5H3,(H,22,27)(H,21,23,25). The number of carbonyl (C=O) groups excluding carboxylic acids is 1. The maximum Gasteiger partial charge on any atom is 0.258 e. The maximum atomic E-state index is 12.0. The Balaban J connectivity index is 1.99. The van der Waals surface area contributed by atoms with Crippen LogP contribution in [0.15, 0.2) is 18.2 Å². The number of ether oxygens (including phenoxy) is 2. The van der Waals surface area contributed by atoms with Gasteiger partial charge in [0.2, 0.25) is 5.95 Å². The van der Waals surface area contributed by atoms with Crippen molar-refractivity contribution >= 4 is 11.9 Å². The Bertz CT molecular complexity index is 785. The average molecular weight is 405 g/mol. The van der Waals surface area contributed by atoms with Gasteiger partial charge in [-0.2, -0.15) is 0 Å². The number of rotatable bonds is 11. The van der Waals surface area contributed by atoms with Crippen LogP contribution < -0.4 is 20.1 Å². The number of nitrogens with zero attached hydrogens (tertiary/aromatic N) is 4. The summed E-state index contributed by atoms with van der Waals surface area (Å²) in [6.45, 7) is 11.6. The van der Waals surface area contributed by atoms with Crippen LogP contribution in [0.5, 0.6) is 11.5 Å². The highest BCUT2D eigenvalue weighted by Gasteiger charge is 2.15. The summed E-state index contributed by atoms with van der Waals surface area (Å²) in [4.78, 5) is 12.0. The Hall–Kier alpha value is -2.84. The second-order valence-corrected chi connectivity index (χ2v) is 7.73. The third-order valence-electron chi connectivity index (χ3n) is 3.89. The monoisotopic (exact) mass is 404 g/mol. The minimum atomic E-state index is -0.300. The number of hydrogen-bond donors (Lipinski definition) is 2. The lowest BCUT2D eigenvalue weighted by molar-refractivity contribution is -0.124. The number of tetrazole rings is 1. The first-order valence-corrected chi connectivity index (χ1v) is 10.0. The van der Waals surface area contributed by atoms with Gasteiger partial charge in [0, 0.05) is 18.6 Å². The molecule has 0 unspecified atom stereocenters. The van der Waals surface area contributed by atoms with Gasteiger partial charge in [0.25, 0.3) is 5.91 Å². The SMILES string of the molecule is CCCCn1nnnc1NCc1ccc(OCC(=O)NC(C)(C)C)c(OCC)c1. The van der Waals surface area contributed by atoms with Crippen molar-refractivity contribution in [2.24, 2.45) is 0 Å². The molecule has 1 aromatic heterocycles. The van der Waals surface area contributed by atoms with Crippen molar-refractivity contribution in [2.45, 2.75) is 66.1 Å². The van der Waals surface area contributed by atoms with Crippen molar-refractivity contribution in [3.63, 3.8) is 0 Å². The summed E-state index contributed by atoms with van der Waals surface area (Å²) >= 11 is 0. The second-order valence-electron chi connectivity index (χ2n) is 7.73. The van der Waals surface area contributed by atoms with Gasteiger partial charge in [0.05, 0.1) is 6.61 Å². The van der Waals surface area contributed by atoms with Gasteiger partial charge in [-0.25, -0.2) is 4.68 Å². The van der Waals surface area contributed by atoms with Gasteiger partial charge in [0.1, 0.15) is 0 Å². The quantitative estimate of drug-likeness (QED) is 0.593. The molecular formula is C20H32N6O3. The number of carbonyl (C=O) groups is 1. The first-order chi connectivity index (χ1) is 13.8. The number of benzene rings is 1. The molecule has 1 amide bonds. The van der Waals surface area contributed by atoms with Crippen molar-refractivity contribution in [1.82, 2.24) is 25.5 Å². The third-order valence-corrected chi connectivity index (χ3v) is 3.89. The zero-order valence-corrected chi connectivity index (χ0v) is 18.0. The van der Waals surface area contributed by atoms with E-state index in [1.807, 2.05) is 45.9 Å². The molecule has 2 rings (SSSR count). The van der Waals surface area contributed by atoms with Gasteiger partial charge in [-0.1, -0.05) is 24.5 Å². The molecule has 0 atom stereocenters. The Kier molecular flexibility index (Phi) is 8.23. The minimum absolute atomic E-state index is 0.0683. The van der Waals surface area contributed by atoms with E-state index in [1.165, 1.54) is 0 Å². The fourth-order valence-electron chi connectivity index (χ4n) is 2.62. The Morgan fingerprint density at radius 2 is 1.97 bits per heavy atom. The van der Waals surface area contributed by atoms with E-state index in [2.05, 4.69) is 33.1 Å². The van der Waals surface area contributed by atoms with E-state index in [-0.39, 0.29) is 18.1 Å². The topological polar surface area (TPSA) is 103 Å². The molecule has 0 spiro atoms. The summed E-state index contributed by atoms with van der Waals surface area (Å²) in [6, 6.07) is 5.63. The predicted octanol–water partition coefficient (Wildman–Crippen LogP) is 2.78. The highest BCUT2D eigenvalue weighted by atomic mass is 16.5. The van der Waals surface area contributed by atoms with Gasteiger partial charge in [0.15, 0.2) is 18.1 Å². The molecule has 0 fully saturated rings. The minimum Gasteiger partial charge on any atom is -0.490 e. The van der Waals surface area contributed by atoms with E-state index in [4.69, 9.17) is 9.47 Å². The highest BCUT2D eigenvalue weighted by molar-refractivity contribution is 5.78. The van der Waals surface area contributed by atoms with E-state index in [0.29, 0.717) is 30.6 Å². The number of aromatic nitrogens is 4. The number of unbranched alkanes of at least 4 members (excludes halogenated alkanes) is 1. The zero-order chi connectivity index (χ0) is 21.3. The van der Waals surface area contributed by atoms with Crippen molar-refractivity contribution < 1.29 is 14.3 Å². The fourth-order valence-corrected chi connectivity index (χ4v) is 2.62. The molecule has 0 saturated carbocycles. The van der Waals surface area contributed by atoms with Crippen molar-refractivity contribution in [2.75, 3.05) is 18.5 Å². The van der Waals surface area contributed by atoms with Crippen molar-refractivity contribution in [3.8, 4) is 11.5 Å². The summed E-state index contributed by atoms with van der Waals surface area (Å²) in [5, 5.41) is 17.9. The molecule has 0 bridgehead atoms. The average Bonchev–Trinajstić information content (AvgIpc) is 3.10. The summed E-state index contributed by atoms with van der Waals surface area (Å²) in [5.41, 5.74) is 0.690. The van der Waals surface area contributed by atoms with Crippen LogP contribution in [0.2, 0.25) is 0 Å². The van der Waals surface area contributed by atoms with Crippen LogP contribution in [0.1, 0.15) is 53.0 Å². The van der Waals surface area contributed by atoms with Gasteiger partial charge >= 0.3 is 0 Å². The van der Waals surface area contributed by atoms with Crippen molar-refractivity contribution in [3.05, 3.63) is 23.8 Å². The number of nitrogens with one attached hydrogen (secondary N) is 2. The second kappa shape index (κ2) is 10.6. The molecule has 0 aliphatic heterocycles. The molecule has 9 nitrogen and oxygen atoms in total. The molecule has 1 aromatic carbocycles. The predicted molar refractivity (Wildman–Crippen MR) is 111 cm³/mol. The number of hydrogen-bond acceptors (Lipinski definition) is 7. The molecule has 160 valence electrons. The Morgan fingerprint density at radius 1 is 1.17 bits per heavy atom. The first kappa shape index (κ1) is 22.4. The van der Waals surface area contributed by atoms with Crippen LogP contribution in [-0.4, -0.2) is 44.9 Å². The number of anilines is 1. The lowest BCUT2D eigenvalue weighted by Gasteiger charge is -2.21. The number of aryl methyl sites for hydroxylation is 1. The molecule has 0 saturated heterocycles. The normalized spacial score (nSPS) is 11.2. The highest BCUT2D eigenvalue weighted by Crippen LogP contribution is 2.29. The third kappa shape index (κ3) is 7.59. The van der Waals surface area contributed by atoms with E-state index < -0.39 is 0 Å². The van der Waals surface area contributed by atoms with Gasteiger partial charge in [-0.15, -0.1) is 0 Å². The lowest BCUT2D eigenvalue weighted by Crippen LogP contribution is -2.43. The van der Waals surface area contributed by atoms with Crippen LogP contribution in [0.3, 0.4) is 0 Å². The van der Waals surface area contributed by atoms with E-state index in [1.54, 1.807) is 4.68 Å². The van der Waals surface area contributed by atoms with Gasteiger partial charge in [-0.05, 0) is 62.2 Å². The first-order valence-electron chi connectivity index (χ1n) is 10.0. The molecule has 0 radical (unpaired) electrons. The van der Waals surface area contributed by atoms with Crippen LogP contribution >= 0.6 is 0 Å². The van der Waals surface area contributed by atoms with Gasteiger partial charge in [-0.3, -0.25) is 4.79 Å². The van der Waals surface area contributed by atoms with Crippen LogP contribution in [-0.2, 0) is 17.9 Å². The molecule has 29 heavy (non-hydrogen) atoms. The van der Waals surface area contributed by atoms with E-state index in [9.17, 15) is 4.79 Å². The van der Waals surface area contributed by atoms with Crippen LogP contribution in [0, 0.1) is 0 Å². The summed E-state index contributed by atoms with van der Waals surface area (Å²) in [5.74, 6) is 1.59. The lowest BCUT2D eigenvalue weighted by atomic mass is 10.1. The Labute approximate surface area is 172 Å². The molecule has 0 aliphatic rings. The fraction of sp³-hybridized carbons (Fsp3) is 0.600. The van der Waals surface area contributed by atoms with E-state index >= 15 is 0 Å². The van der Waals surface area contributed by atoms with Gasteiger partial charge < -0.3 is 20.1 Å². The molecule has 2 N–H and O–H groups in total. The zero-order valence-electron chi connectivity index (χ0n) is 18.0. The molecule has 2 aromatic rings. The van der Waals surface area contributed by atoms with Crippen LogP contribution in [0.25, 0.3) is 0 Å². The van der Waals surface area contributed by atoms with E-state index in [0.717, 1.165) is 24.9 Å². The Morgan fingerprint density at radius 3 is 2.66 bits per heavy atom. The molecular weight excluding hydrogens is 372 g/mol. The largest absolute Gasteiger partial charge is 0.490 e. The van der Waals surface area contributed by atoms with Crippen molar-refractivity contribution in [1.29, 1.82) is 0 Å². The maximum absolute atomic E-state index is 12.0. The number of amides is 1.